The van der Waals surface area contributed by atoms with Crippen molar-refractivity contribution in [2.24, 2.45) is 5.73 Å². The molecule has 0 aromatic carbocycles. The first-order valence-electron chi connectivity index (χ1n) is 4.41. The number of nitrogens with two attached hydrogens (primary N) is 1. The van der Waals surface area contributed by atoms with Crippen LogP contribution < -0.4 is 5.73 Å². The molecule has 1 aliphatic heterocycles. The van der Waals surface area contributed by atoms with Crippen molar-refractivity contribution in [2.75, 3.05) is 6.54 Å². The fourth-order valence-corrected chi connectivity index (χ4v) is 1.63. The molecule has 0 spiro atoms. The number of H-pyrrole nitrogens is 1. The Morgan fingerprint density at radius 2 is 2.54 bits per heavy atom. The minimum absolute atomic E-state index is 0.0162. The van der Waals surface area contributed by atoms with Crippen molar-refractivity contribution in [3.63, 3.8) is 0 Å². The number of amides is 1. The van der Waals surface area contributed by atoms with Gasteiger partial charge in [-0.25, -0.2) is 0 Å². The molecule has 1 amide bonds. The molecule has 1 fully saturated rings. The van der Waals surface area contributed by atoms with Gasteiger partial charge in [-0.05, 0) is 12.1 Å². The van der Waals surface area contributed by atoms with Crippen molar-refractivity contribution in [3.05, 3.63) is 24.0 Å². The molecule has 0 aliphatic carbocycles. The average Bonchev–Trinajstić information content (AvgIpc) is 2.63. The number of hydrogen-bond donors (Lipinski definition) is 2. The summed E-state index contributed by atoms with van der Waals surface area (Å²) in [6.07, 6.45) is 2.34. The van der Waals surface area contributed by atoms with Crippen LogP contribution in [0.5, 0.6) is 0 Å². The molecule has 2 rings (SSSR count). The average molecular weight is 179 g/mol. The van der Waals surface area contributed by atoms with E-state index in [-0.39, 0.29) is 11.9 Å². The van der Waals surface area contributed by atoms with E-state index in [2.05, 4.69) is 4.98 Å². The van der Waals surface area contributed by atoms with Gasteiger partial charge in [0.15, 0.2) is 0 Å². The molecule has 1 atom stereocenters. The summed E-state index contributed by atoms with van der Waals surface area (Å²) in [7, 11) is 0. The van der Waals surface area contributed by atoms with E-state index >= 15 is 0 Å². The van der Waals surface area contributed by atoms with Crippen LogP contribution in [0.4, 0.5) is 0 Å². The first-order chi connectivity index (χ1) is 6.25. The van der Waals surface area contributed by atoms with E-state index in [4.69, 9.17) is 5.73 Å². The number of aromatic amines is 1. The van der Waals surface area contributed by atoms with Gasteiger partial charge in [0, 0.05) is 30.9 Å². The highest BCUT2D eigenvalue weighted by atomic mass is 16.2. The quantitative estimate of drug-likeness (QED) is 0.675. The van der Waals surface area contributed by atoms with E-state index in [1.165, 1.54) is 0 Å². The summed E-state index contributed by atoms with van der Waals surface area (Å²) in [4.78, 5) is 16.2. The van der Waals surface area contributed by atoms with Crippen molar-refractivity contribution in [2.45, 2.75) is 19.0 Å². The third-order valence-corrected chi connectivity index (χ3v) is 2.27. The van der Waals surface area contributed by atoms with Crippen LogP contribution in [0.3, 0.4) is 0 Å². The maximum Gasteiger partial charge on any atom is 0.224 e. The SMILES string of the molecule is NC1CC(=O)N(Cc2ccc[nH]2)C1. The Balaban J connectivity index is 1.99. The van der Waals surface area contributed by atoms with Gasteiger partial charge in [-0.1, -0.05) is 0 Å². The van der Waals surface area contributed by atoms with Crippen LogP contribution in [-0.4, -0.2) is 28.4 Å². The van der Waals surface area contributed by atoms with Gasteiger partial charge in [-0.15, -0.1) is 0 Å². The molecule has 1 aliphatic rings. The van der Waals surface area contributed by atoms with Crippen LogP contribution in [-0.2, 0) is 11.3 Å². The van der Waals surface area contributed by atoms with Crippen molar-refractivity contribution in [3.8, 4) is 0 Å². The molecule has 1 saturated heterocycles. The van der Waals surface area contributed by atoms with Gasteiger partial charge in [-0.3, -0.25) is 4.79 Å². The molecule has 13 heavy (non-hydrogen) atoms. The molecule has 2 heterocycles. The number of likely N-dealkylation sites (tertiary alicyclic amines) is 1. The van der Waals surface area contributed by atoms with Crippen molar-refractivity contribution >= 4 is 5.91 Å². The highest BCUT2D eigenvalue weighted by Crippen LogP contribution is 2.12. The Labute approximate surface area is 76.7 Å². The zero-order chi connectivity index (χ0) is 9.26. The molecule has 1 aromatic rings. The number of nitrogens with zero attached hydrogens (tertiary/aromatic N) is 1. The molecule has 70 valence electrons. The van der Waals surface area contributed by atoms with Crippen LogP contribution in [0.15, 0.2) is 18.3 Å². The van der Waals surface area contributed by atoms with E-state index in [1.54, 1.807) is 4.90 Å². The normalized spacial score (nSPS) is 22.7. The number of aromatic nitrogens is 1. The Morgan fingerprint density at radius 1 is 1.69 bits per heavy atom. The second kappa shape index (κ2) is 3.22. The molecule has 1 aromatic heterocycles. The summed E-state index contributed by atoms with van der Waals surface area (Å²) in [5.41, 5.74) is 6.73. The van der Waals surface area contributed by atoms with Crippen molar-refractivity contribution in [1.82, 2.24) is 9.88 Å². The standard InChI is InChI=1S/C9H13N3O/c10-7-4-9(13)12(5-7)6-8-2-1-3-11-8/h1-3,7,11H,4-6,10H2. The first-order valence-corrected chi connectivity index (χ1v) is 4.41. The molecule has 0 bridgehead atoms. The molecule has 3 N–H and O–H groups in total. The van der Waals surface area contributed by atoms with E-state index in [9.17, 15) is 4.79 Å². The second-order valence-electron chi connectivity index (χ2n) is 3.43. The molecule has 4 nitrogen and oxygen atoms in total. The number of hydrogen-bond acceptors (Lipinski definition) is 2. The predicted molar refractivity (Wildman–Crippen MR) is 48.8 cm³/mol. The summed E-state index contributed by atoms with van der Waals surface area (Å²) in [5.74, 6) is 0.155. The van der Waals surface area contributed by atoms with Gasteiger partial charge in [0.25, 0.3) is 0 Å². The summed E-state index contributed by atoms with van der Waals surface area (Å²) in [6, 6.07) is 3.91. The van der Waals surface area contributed by atoms with Gasteiger partial charge in [-0.2, -0.15) is 0 Å². The predicted octanol–water partition coefficient (Wildman–Crippen LogP) is 0.0743. The molecule has 0 saturated carbocycles. The smallest absolute Gasteiger partial charge is 0.224 e. The van der Waals surface area contributed by atoms with Gasteiger partial charge in [0.2, 0.25) is 5.91 Å². The highest BCUT2D eigenvalue weighted by Gasteiger charge is 2.26. The van der Waals surface area contributed by atoms with Crippen LogP contribution in [0.1, 0.15) is 12.1 Å². The van der Waals surface area contributed by atoms with Crippen molar-refractivity contribution < 1.29 is 4.79 Å². The third kappa shape index (κ3) is 1.72. The zero-order valence-corrected chi connectivity index (χ0v) is 7.36. The fraction of sp³-hybridized carbons (Fsp3) is 0.444. The van der Waals surface area contributed by atoms with Gasteiger partial charge < -0.3 is 15.6 Å². The Kier molecular flexibility index (Phi) is 2.06. The van der Waals surface area contributed by atoms with E-state index in [1.807, 2.05) is 18.3 Å². The van der Waals surface area contributed by atoms with Gasteiger partial charge in [0.05, 0.1) is 6.54 Å². The van der Waals surface area contributed by atoms with E-state index in [0.717, 1.165) is 5.69 Å². The van der Waals surface area contributed by atoms with Crippen LogP contribution in [0.25, 0.3) is 0 Å². The van der Waals surface area contributed by atoms with Crippen molar-refractivity contribution in [1.29, 1.82) is 0 Å². The number of nitrogens with one attached hydrogen (secondary N) is 1. The second-order valence-corrected chi connectivity index (χ2v) is 3.43. The molecular formula is C9H13N3O. The molecular weight excluding hydrogens is 166 g/mol. The summed E-state index contributed by atoms with van der Waals surface area (Å²) in [6.45, 7) is 1.33. The van der Waals surface area contributed by atoms with E-state index in [0.29, 0.717) is 19.5 Å². The maximum atomic E-state index is 11.3. The topological polar surface area (TPSA) is 62.1 Å². The third-order valence-electron chi connectivity index (χ3n) is 2.27. The van der Waals surface area contributed by atoms with Gasteiger partial charge >= 0.3 is 0 Å². The molecule has 4 heteroatoms. The van der Waals surface area contributed by atoms with Crippen LogP contribution in [0.2, 0.25) is 0 Å². The lowest BCUT2D eigenvalue weighted by Gasteiger charge is -2.14. The summed E-state index contributed by atoms with van der Waals surface area (Å²) in [5, 5.41) is 0. The first kappa shape index (κ1) is 8.31. The van der Waals surface area contributed by atoms with Gasteiger partial charge in [0.1, 0.15) is 0 Å². The summed E-state index contributed by atoms with van der Waals surface area (Å²) < 4.78 is 0. The lowest BCUT2D eigenvalue weighted by atomic mass is 10.3. The van der Waals surface area contributed by atoms with E-state index < -0.39 is 0 Å². The minimum atomic E-state index is 0.0162. The van der Waals surface area contributed by atoms with Crippen LogP contribution >= 0.6 is 0 Å². The monoisotopic (exact) mass is 179 g/mol. The van der Waals surface area contributed by atoms with Crippen LogP contribution in [0, 0.1) is 0 Å². The number of rotatable bonds is 2. The fourth-order valence-electron chi connectivity index (χ4n) is 1.63. The largest absolute Gasteiger partial charge is 0.364 e. The lowest BCUT2D eigenvalue weighted by Crippen LogP contribution is -2.27. The molecule has 1 unspecified atom stereocenters. The molecule has 0 radical (unpaired) electrons. The zero-order valence-electron chi connectivity index (χ0n) is 7.36. The Hall–Kier alpha value is -1.29. The minimum Gasteiger partial charge on any atom is -0.364 e. The maximum absolute atomic E-state index is 11.3. The number of carbonyl (C=O) groups excluding carboxylic acids is 1. The number of carbonyl (C=O) groups is 1. The Morgan fingerprint density at radius 3 is 3.08 bits per heavy atom. The lowest BCUT2D eigenvalue weighted by molar-refractivity contribution is -0.128. The summed E-state index contributed by atoms with van der Waals surface area (Å²) >= 11 is 0. The Bertz CT molecular complexity index is 294. The highest BCUT2D eigenvalue weighted by molar-refractivity contribution is 5.79.